The first kappa shape index (κ1) is 11.5. The lowest BCUT2D eigenvalue weighted by Gasteiger charge is -2.27. The summed E-state index contributed by atoms with van der Waals surface area (Å²) in [6.45, 7) is 2.62. The zero-order valence-corrected chi connectivity index (χ0v) is 9.18. The molecule has 0 bridgehead atoms. The molecule has 1 heterocycles. The Hall–Kier alpha value is -0.610. The highest BCUT2D eigenvalue weighted by Gasteiger charge is 2.22. The standard InChI is InChI=1S/C10H21N3O/c1-11-7-8-13(2)10(14)9-5-3-4-6-12-9/h9,11-12H,3-8H2,1-2H3. The number of hydrogen-bond donors (Lipinski definition) is 2. The van der Waals surface area contributed by atoms with Gasteiger partial charge < -0.3 is 15.5 Å². The number of carbonyl (C=O) groups is 1. The Kier molecular flexibility index (Phi) is 4.90. The third-order valence-corrected chi connectivity index (χ3v) is 2.68. The molecule has 14 heavy (non-hydrogen) atoms. The van der Waals surface area contributed by atoms with Crippen molar-refractivity contribution in [3.05, 3.63) is 0 Å². The molecule has 1 aliphatic heterocycles. The number of nitrogens with zero attached hydrogens (tertiary/aromatic N) is 1. The first-order valence-electron chi connectivity index (χ1n) is 5.38. The Morgan fingerprint density at radius 3 is 2.93 bits per heavy atom. The minimum atomic E-state index is 0.0607. The van der Waals surface area contributed by atoms with Crippen molar-refractivity contribution in [2.45, 2.75) is 25.3 Å². The van der Waals surface area contributed by atoms with E-state index in [2.05, 4.69) is 10.6 Å². The van der Waals surface area contributed by atoms with Crippen LogP contribution in [0.3, 0.4) is 0 Å². The van der Waals surface area contributed by atoms with Gasteiger partial charge in [0.2, 0.25) is 5.91 Å². The fourth-order valence-corrected chi connectivity index (χ4v) is 1.72. The summed E-state index contributed by atoms with van der Waals surface area (Å²) in [7, 11) is 3.77. The molecule has 1 rings (SSSR count). The van der Waals surface area contributed by atoms with E-state index in [0.717, 1.165) is 26.1 Å². The second kappa shape index (κ2) is 5.98. The van der Waals surface area contributed by atoms with Crippen LogP contribution in [0.4, 0.5) is 0 Å². The van der Waals surface area contributed by atoms with E-state index in [-0.39, 0.29) is 11.9 Å². The van der Waals surface area contributed by atoms with Gasteiger partial charge in [-0.15, -0.1) is 0 Å². The average molecular weight is 199 g/mol. The third-order valence-electron chi connectivity index (χ3n) is 2.68. The molecule has 0 spiro atoms. The van der Waals surface area contributed by atoms with Gasteiger partial charge >= 0.3 is 0 Å². The number of likely N-dealkylation sites (N-methyl/N-ethyl adjacent to an activating group) is 2. The molecular weight excluding hydrogens is 178 g/mol. The number of hydrogen-bond acceptors (Lipinski definition) is 3. The van der Waals surface area contributed by atoms with Crippen molar-refractivity contribution in [1.29, 1.82) is 0 Å². The van der Waals surface area contributed by atoms with E-state index in [1.807, 2.05) is 14.1 Å². The summed E-state index contributed by atoms with van der Waals surface area (Å²) in [5.74, 6) is 0.236. The molecule has 0 aromatic carbocycles. The summed E-state index contributed by atoms with van der Waals surface area (Å²) in [5, 5.41) is 6.31. The van der Waals surface area contributed by atoms with E-state index in [9.17, 15) is 4.79 Å². The maximum absolute atomic E-state index is 11.8. The van der Waals surface area contributed by atoms with Crippen LogP contribution in [0.5, 0.6) is 0 Å². The van der Waals surface area contributed by atoms with Crippen LogP contribution in [0.2, 0.25) is 0 Å². The first-order chi connectivity index (χ1) is 6.75. The number of nitrogens with one attached hydrogen (secondary N) is 2. The summed E-state index contributed by atoms with van der Waals surface area (Å²) in [6.07, 6.45) is 3.36. The molecule has 1 fully saturated rings. The van der Waals surface area contributed by atoms with Gasteiger partial charge in [0.15, 0.2) is 0 Å². The highest BCUT2D eigenvalue weighted by atomic mass is 16.2. The van der Waals surface area contributed by atoms with Crippen LogP contribution in [-0.4, -0.2) is 50.6 Å². The predicted octanol–water partition coefficient (Wildman–Crippen LogP) is -0.194. The smallest absolute Gasteiger partial charge is 0.239 e. The first-order valence-corrected chi connectivity index (χ1v) is 5.38. The van der Waals surface area contributed by atoms with Crippen molar-refractivity contribution in [1.82, 2.24) is 15.5 Å². The van der Waals surface area contributed by atoms with Crippen LogP contribution in [0.1, 0.15) is 19.3 Å². The monoisotopic (exact) mass is 199 g/mol. The van der Waals surface area contributed by atoms with Gasteiger partial charge in [-0.1, -0.05) is 6.42 Å². The third kappa shape index (κ3) is 3.27. The zero-order chi connectivity index (χ0) is 10.4. The molecule has 0 saturated carbocycles. The second-order valence-electron chi connectivity index (χ2n) is 3.87. The van der Waals surface area contributed by atoms with Crippen molar-refractivity contribution < 1.29 is 4.79 Å². The Labute approximate surface area is 86.0 Å². The lowest BCUT2D eigenvalue weighted by molar-refractivity contribution is -0.132. The molecule has 0 aromatic rings. The minimum Gasteiger partial charge on any atom is -0.343 e. The molecular formula is C10H21N3O. The minimum absolute atomic E-state index is 0.0607. The highest BCUT2D eigenvalue weighted by Crippen LogP contribution is 2.08. The highest BCUT2D eigenvalue weighted by molar-refractivity contribution is 5.81. The van der Waals surface area contributed by atoms with Crippen LogP contribution < -0.4 is 10.6 Å². The van der Waals surface area contributed by atoms with Crippen LogP contribution in [0, 0.1) is 0 Å². The molecule has 1 saturated heterocycles. The number of amides is 1. The predicted molar refractivity (Wildman–Crippen MR) is 57.2 cm³/mol. The topological polar surface area (TPSA) is 44.4 Å². The molecule has 1 unspecified atom stereocenters. The van der Waals surface area contributed by atoms with Crippen molar-refractivity contribution >= 4 is 5.91 Å². The largest absolute Gasteiger partial charge is 0.343 e. The summed E-state index contributed by atoms with van der Waals surface area (Å²) in [6, 6.07) is 0.0607. The number of piperidine rings is 1. The molecule has 0 radical (unpaired) electrons. The van der Waals surface area contributed by atoms with Gasteiger partial charge in [0.05, 0.1) is 6.04 Å². The molecule has 0 aliphatic carbocycles. The zero-order valence-electron chi connectivity index (χ0n) is 9.18. The molecule has 4 heteroatoms. The molecule has 1 amide bonds. The van der Waals surface area contributed by atoms with Crippen LogP contribution in [0.25, 0.3) is 0 Å². The van der Waals surface area contributed by atoms with Crippen LogP contribution in [-0.2, 0) is 4.79 Å². The van der Waals surface area contributed by atoms with Gasteiger partial charge in [-0.2, -0.15) is 0 Å². The Morgan fingerprint density at radius 1 is 1.57 bits per heavy atom. The second-order valence-corrected chi connectivity index (χ2v) is 3.87. The Bertz CT molecular complexity index is 178. The van der Waals surface area contributed by atoms with Gasteiger partial charge in [-0.3, -0.25) is 4.79 Å². The lowest BCUT2D eigenvalue weighted by atomic mass is 10.0. The van der Waals surface area contributed by atoms with E-state index in [1.54, 1.807) is 4.90 Å². The molecule has 1 aliphatic rings. The van der Waals surface area contributed by atoms with Gasteiger partial charge in [-0.05, 0) is 26.4 Å². The van der Waals surface area contributed by atoms with E-state index in [1.165, 1.54) is 12.8 Å². The van der Waals surface area contributed by atoms with Crippen molar-refractivity contribution in [3.8, 4) is 0 Å². The van der Waals surface area contributed by atoms with E-state index in [4.69, 9.17) is 0 Å². The lowest BCUT2D eigenvalue weighted by Crippen LogP contribution is -2.48. The number of rotatable bonds is 4. The fraction of sp³-hybridized carbons (Fsp3) is 0.900. The summed E-state index contributed by atoms with van der Waals surface area (Å²) >= 11 is 0. The number of carbonyl (C=O) groups excluding carboxylic acids is 1. The van der Waals surface area contributed by atoms with E-state index in [0.29, 0.717) is 0 Å². The van der Waals surface area contributed by atoms with Crippen molar-refractivity contribution in [2.24, 2.45) is 0 Å². The SMILES string of the molecule is CNCCN(C)C(=O)C1CCCCN1. The quantitative estimate of drug-likeness (QED) is 0.659. The summed E-state index contributed by atoms with van der Waals surface area (Å²) in [5.41, 5.74) is 0. The maximum atomic E-state index is 11.8. The van der Waals surface area contributed by atoms with E-state index >= 15 is 0 Å². The van der Waals surface area contributed by atoms with Crippen LogP contribution >= 0.6 is 0 Å². The van der Waals surface area contributed by atoms with Gasteiger partial charge in [0.25, 0.3) is 0 Å². The summed E-state index contributed by atoms with van der Waals surface area (Å²) in [4.78, 5) is 13.6. The Balaban J connectivity index is 2.30. The molecule has 2 N–H and O–H groups in total. The fourth-order valence-electron chi connectivity index (χ4n) is 1.72. The molecule has 1 atom stereocenters. The molecule has 82 valence electrons. The van der Waals surface area contributed by atoms with Gasteiger partial charge in [0, 0.05) is 20.1 Å². The Morgan fingerprint density at radius 2 is 2.36 bits per heavy atom. The molecule has 4 nitrogen and oxygen atoms in total. The van der Waals surface area contributed by atoms with Gasteiger partial charge in [-0.25, -0.2) is 0 Å². The van der Waals surface area contributed by atoms with E-state index < -0.39 is 0 Å². The maximum Gasteiger partial charge on any atom is 0.239 e. The van der Waals surface area contributed by atoms with Crippen molar-refractivity contribution in [3.63, 3.8) is 0 Å². The normalized spacial score (nSPS) is 22.0. The van der Waals surface area contributed by atoms with Crippen molar-refractivity contribution in [2.75, 3.05) is 33.7 Å². The van der Waals surface area contributed by atoms with Crippen LogP contribution in [0.15, 0.2) is 0 Å². The summed E-state index contributed by atoms with van der Waals surface area (Å²) < 4.78 is 0. The average Bonchev–Trinajstić information content (AvgIpc) is 2.26. The molecule has 0 aromatic heterocycles. The van der Waals surface area contributed by atoms with Gasteiger partial charge in [0.1, 0.15) is 0 Å².